The minimum absolute atomic E-state index is 0.0233. The van der Waals surface area contributed by atoms with Crippen LogP contribution in [0, 0.1) is 5.92 Å². The van der Waals surface area contributed by atoms with Crippen molar-refractivity contribution in [2.24, 2.45) is 5.92 Å². The Labute approximate surface area is 156 Å². The molecule has 3 amide bonds. The summed E-state index contributed by atoms with van der Waals surface area (Å²) in [4.78, 5) is 39.6. The minimum atomic E-state index is -0.518. The number of carbonyl (C=O) groups is 3. The predicted molar refractivity (Wildman–Crippen MR) is 98.6 cm³/mol. The van der Waals surface area contributed by atoms with E-state index in [2.05, 4.69) is 5.32 Å². The van der Waals surface area contributed by atoms with Crippen LogP contribution < -0.4 is 5.32 Å². The van der Waals surface area contributed by atoms with Gasteiger partial charge in [-0.3, -0.25) is 9.59 Å². The van der Waals surface area contributed by atoms with Gasteiger partial charge in [0.05, 0.1) is 0 Å². The second kappa shape index (κ2) is 9.24. The van der Waals surface area contributed by atoms with Crippen LogP contribution in [0.2, 0.25) is 0 Å². The normalized spacial score (nSPS) is 18.7. The quantitative estimate of drug-likeness (QED) is 0.807. The van der Waals surface area contributed by atoms with Crippen LogP contribution in [0.25, 0.3) is 0 Å². The number of carbonyl (C=O) groups excluding carboxylic acids is 3. The molecule has 7 nitrogen and oxygen atoms in total. The van der Waals surface area contributed by atoms with Crippen molar-refractivity contribution >= 4 is 17.9 Å². The number of ether oxygens (including phenoxy) is 1. The van der Waals surface area contributed by atoms with Crippen LogP contribution >= 0.6 is 0 Å². The second-order valence-electron chi connectivity index (χ2n) is 8.30. The lowest BCUT2D eigenvalue weighted by Gasteiger charge is -2.35. The molecule has 0 aromatic rings. The van der Waals surface area contributed by atoms with Gasteiger partial charge in [0, 0.05) is 45.6 Å². The number of piperazine rings is 1. The van der Waals surface area contributed by atoms with Crippen LogP contribution in [0.4, 0.5) is 4.79 Å². The fourth-order valence-corrected chi connectivity index (χ4v) is 3.40. The van der Waals surface area contributed by atoms with Crippen LogP contribution in [0.3, 0.4) is 0 Å². The molecule has 0 aromatic heterocycles. The van der Waals surface area contributed by atoms with E-state index in [1.165, 1.54) is 25.7 Å². The highest BCUT2D eigenvalue weighted by molar-refractivity contribution is 5.84. The number of hydrogen-bond acceptors (Lipinski definition) is 4. The lowest BCUT2D eigenvalue weighted by molar-refractivity contribution is -0.135. The maximum atomic E-state index is 12.3. The summed E-state index contributed by atoms with van der Waals surface area (Å²) in [6, 6.07) is 0. The maximum Gasteiger partial charge on any atom is 0.410 e. The number of nitrogens with zero attached hydrogens (tertiary/aromatic N) is 2. The third kappa shape index (κ3) is 6.84. The Morgan fingerprint density at radius 2 is 1.54 bits per heavy atom. The van der Waals surface area contributed by atoms with E-state index in [4.69, 9.17) is 4.74 Å². The second-order valence-corrected chi connectivity index (χ2v) is 8.30. The Bertz CT molecular complexity index is 501. The summed E-state index contributed by atoms with van der Waals surface area (Å²) in [6.07, 6.45) is 5.03. The van der Waals surface area contributed by atoms with E-state index in [-0.39, 0.29) is 30.7 Å². The molecule has 0 bridgehead atoms. The van der Waals surface area contributed by atoms with Gasteiger partial charge in [0.25, 0.3) is 0 Å². The summed E-state index contributed by atoms with van der Waals surface area (Å²) in [5.41, 5.74) is -0.518. The van der Waals surface area contributed by atoms with Crippen LogP contribution in [0.1, 0.15) is 59.3 Å². The first kappa shape index (κ1) is 20.5. The fraction of sp³-hybridized carbons (Fsp3) is 0.842. The number of nitrogens with one attached hydrogen (secondary N) is 1. The fourth-order valence-electron chi connectivity index (χ4n) is 3.40. The molecule has 0 aromatic carbocycles. The maximum absolute atomic E-state index is 12.3. The van der Waals surface area contributed by atoms with E-state index in [1.807, 2.05) is 20.8 Å². The summed E-state index contributed by atoms with van der Waals surface area (Å²) in [5.74, 6) is 0.540. The van der Waals surface area contributed by atoms with Gasteiger partial charge in [0.2, 0.25) is 11.8 Å². The van der Waals surface area contributed by atoms with E-state index in [0.29, 0.717) is 32.1 Å². The highest BCUT2D eigenvalue weighted by Crippen LogP contribution is 2.23. The van der Waals surface area contributed by atoms with Crippen molar-refractivity contribution in [1.29, 1.82) is 0 Å². The van der Waals surface area contributed by atoms with Crippen LogP contribution in [-0.4, -0.2) is 66.0 Å². The van der Waals surface area contributed by atoms with Crippen molar-refractivity contribution in [3.8, 4) is 0 Å². The number of hydrogen-bond donors (Lipinski definition) is 1. The molecule has 1 saturated carbocycles. The first-order valence-corrected chi connectivity index (χ1v) is 9.77. The molecule has 7 heteroatoms. The molecular formula is C19H33N3O4. The topological polar surface area (TPSA) is 79.0 Å². The van der Waals surface area contributed by atoms with E-state index < -0.39 is 5.60 Å². The third-order valence-electron chi connectivity index (χ3n) is 4.91. The first-order chi connectivity index (χ1) is 12.2. The Morgan fingerprint density at radius 3 is 2.12 bits per heavy atom. The van der Waals surface area contributed by atoms with Crippen molar-refractivity contribution < 1.29 is 19.1 Å². The van der Waals surface area contributed by atoms with Gasteiger partial charge in [-0.1, -0.05) is 12.8 Å². The van der Waals surface area contributed by atoms with E-state index in [1.54, 1.807) is 9.80 Å². The van der Waals surface area contributed by atoms with Gasteiger partial charge >= 0.3 is 6.09 Å². The SMILES string of the molecule is CC(C)(C)OC(=O)N1CCN(C(=O)CCC(=O)NCC2CCCC2)CC1. The Morgan fingerprint density at radius 1 is 0.962 bits per heavy atom. The van der Waals surface area contributed by atoms with Gasteiger partial charge in [-0.05, 0) is 39.5 Å². The zero-order chi connectivity index (χ0) is 19.2. The molecule has 1 heterocycles. The van der Waals surface area contributed by atoms with Crippen LogP contribution in [-0.2, 0) is 14.3 Å². The average molecular weight is 367 g/mol. The van der Waals surface area contributed by atoms with Crippen molar-refractivity contribution in [3.63, 3.8) is 0 Å². The van der Waals surface area contributed by atoms with Crippen LogP contribution in [0.5, 0.6) is 0 Å². The van der Waals surface area contributed by atoms with Gasteiger partial charge in [-0.15, -0.1) is 0 Å². The lowest BCUT2D eigenvalue weighted by Crippen LogP contribution is -2.51. The summed E-state index contributed by atoms with van der Waals surface area (Å²) < 4.78 is 5.35. The Balaban J connectivity index is 1.63. The molecule has 26 heavy (non-hydrogen) atoms. The molecule has 2 aliphatic rings. The summed E-state index contributed by atoms with van der Waals surface area (Å²) >= 11 is 0. The summed E-state index contributed by atoms with van der Waals surface area (Å²) in [6.45, 7) is 8.15. The predicted octanol–water partition coefficient (Wildman–Crippen LogP) is 2.15. The Kier molecular flexibility index (Phi) is 7.29. The molecule has 148 valence electrons. The van der Waals surface area contributed by atoms with E-state index in [9.17, 15) is 14.4 Å². The Hall–Kier alpha value is -1.79. The van der Waals surface area contributed by atoms with Crippen molar-refractivity contribution in [1.82, 2.24) is 15.1 Å². The molecule has 2 rings (SSSR count). The molecule has 1 aliphatic carbocycles. The van der Waals surface area contributed by atoms with Gasteiger partial charge in [0.15, 0.2) is 0 Å². The molecule has 2 fully saturated rings. The highest BCUT2D eigenvalue weighted by atomic mass is 16.6. The zero-order valence-corrected chi connectivity index (χ0v) is 16.4. The average Bonchev–Trinajstić information content (AvgIpc) is 3.10. The van der Waals surface area contributed by atoms with E-state index >= 15 is 0 Å². The molecule has 0 radical (unpaired) electrons. The van der Waals surface area contributed by atoms with Gasteiger partial charge in [-0.2, -0.15) is 0 Å². The van der Waals surface area contributed by atoms with Crippen LogP contribution in [0.15, 0.2) is 0 Å². The largest absolute Gasteiger partial charge is 0.444 e. The van der Waals surface area contributed by atoms with E-state index in [0.717, 1.165) is 6.54 Å². The molecule has 0 unspecified atom stereocenters. The molecule has 0 spiro atoms. The summed E-state index contributed by atoms with van der Waals surface area (Å²) in [5, 5.41) is 2.95. The van der Waals surface area contributed by atoms with Gasteiger partial charge in [0.1, 0.15) is 5.60 Å². The zero-order valence-electron chi connectivity index (χ0n) is 16.4. The van der Waals surface area contributed by atoms with Gasteiger partial charge < -0.3 is 19.9 Å². The molecule has 0 atom stereocenters. The molecule has 1 N–H and O–H groups in total. The molecule has 1 aliphatic heterocycles. The first-order valence-electron chi connectivity index (χ1n) is 9.77. The lowest BCUT2D eigenvalue weighted by atomic mass is 10.1. The standard InChI is InChI=1S/C19H33N3O4/c1-19(2,3)26-18(25)22-12-10-21(11-13-22)17(24)9-8-16(23)20-14-15-6-4-5-7-15/h15H,4-14H2,1-3H3,(H,20,23). The monoisotopic (exact) mass is 367 g/mol. The van der Waals surface area contributed by atoms with Crippen molar-refractivity contribution in [3.05, 3.63) is 0 Å². The summed E-state index contributed by atoms with van der Waals surface area (Å²) in [7, 11) is 0. The highest BCUT2D eigenvalue weighted by Gasteiger charge is 2.27. The van der Waals surface area contributed by atoms with Gasteiger partial charge in [-0.25, -0.2) is 4.79 Å². The third-order valence-corrected chi connectivity index (χ3v) is 4.91. The minimum Gasteiger partial charge on any atom is -0.444 e. The molecule has 1 saturated heterocycles. The molecular weight excluding hydrogens is 334 g/mol. The smallest absolute Gasteiger partial charge is 0.410 e. The van der Waals surface area contributed by atoms with Crippen molar-refractivity contribution in [2.45, 2.75) is 64.9 Å². The number of amides is 3. The van der Waals surface area contributed by atoms with Crippen molar-refractivity contribution in [2.75, 3.05) is 32.7 Å². The number of rotatable bonds is 5.